The van der Waals surface area contributed by atoms with Crippen LogP contribution in [0.2, 0.25) is 0 Å². The lowest BCUT2D eigenvalue weighted by atomic mass is 10.1. The van der Waals surface area contributed by atoms with Crippen LogP contribution in [0.3, 0.4) is 0 Å². The fraction of sp³-hybridized carbons (Fsp3) is 0.667. The summed E-state index contributed by atoms with van der Waals surface area (Å²) >= 11 is 0. The van der Waals surface area contributed by atoms with Gasteiger partial charge in [0.2, 0.25) is 0 Å². The van der Waals surface area contributed by atoms with Gasteiger partial charge in [0.25, 0.3) is 0 Å². The van der Waals surface area contributed by atoms with E-state index in [0.717, 1.165) is 50.7 Å². The standard InChI is InChI=1S/C21H37N5O.HI/c1-4-22-21(24-13-11-19-9-5-6-10-20(19)27-3)23-12-7-15-26-16-8-14-25(2)17-18-26;/h5-6,9-10H,4,7-8,11-18H2,1-3H3,(H2,22,23,24);1H. The van der Waals surface area contributed by atoms with Crippen LogP contribution in [-0.2, 0) is 6.42 Å². The summed E-state index contributed by atoms with van der Waals surface area (Å²) in [6.45, 7) is 10.6. The third-order valence-electron chi connectivity index (χ3n) is 4.94. The molecule has 0 radical (unpaired) electrons. The van der Waals surface area contributed by atoms with Gasteiger partial charge in [0.1, 0.15) is 5.75 Å². The minimum atomic E-state index is 0. The molecule has 1 aromatic carbocycles. The van der Waals surface area contributed by atoms with Gasteiger partial charge in [-0.1, -0.05) is 18.2 Å². The van der Waals surface area contributed by atoms with Crippen LogP contribution in [0.1, 0.15) is 25.3 Å². The van der Waals surface area contributed by atoms with Gasteiger partial charge in [0.05, 0.1) is 7.11 Å². The molecule has 0 amide bonds. The number of nitrogens with one attached hydrogen (secondary N) is 2. The zero-order valence-electron chi connectivity index (χ0n) is 17.7. The van der Waals surface area contributed by atoms with Crippen molar-refractivity contribution in [2.24, 2.45) is 4.99 Å². The summed E-state index contributed by atoms with van der Waals surface area (Å²) in [6.07, 6.45) is 3.29. The predicted molar refractivity (Wildman–Crippen MR) is 129 cm³/mol. The van der Waals surface area contributed by atoms with Crippen molar-refractivity contribution in [2.45, 2.75) is 26.2 Å². The number of hydrogen-bond acceptors (Lipinski definition) is 4. The second kappa shape index (κ2) is 14.9. The van der Waals surface area contributed by atoms with Gasteiger partial charge >= 0.3 is 0 Å². The van der Waals surface area contributed by atoms with E-state index in [0.29, 0.717) is 0 Å². The summed E-state index contributed by atoms with van der Waals surface area (Å²) in [6, 6.07) is 8.18. The molecule has 1 aliphatic heterocycles. The van der Waals surface area contributed by atoms with E-state index in [-0.39, 0.29) is 24.0 Å². The normalized spacial score (nSPS) is 16.2. The first-order valence-corrected chi connectivity index (χ1v) is 10.3. The Kier molecular flexibility index (Phi) is 13.3. The van der Waals surface area contributed by atoms with E-state index in [1.54, 1.807) is 7.11 Å². The Morgan fingerprint density at radius 2 is 1.96 bits per heavy atom. The molecular formula is C21H38IN5O. The summed E-state index contributed by atoms with van der Waals surface area (Å²) in [4.78, 5) is 9.73. The highest BCUT2D eigenvalue weighted by Crippen LogP contribution is 2.17. The molecule has 0 unspecified atom stereocenters. The Labute approximate surface area is 188 Å². The minimum Gasteiger partial charge on any atom is -0.496 e. The summed E-state index contributed by atoms with van der Waals surface area (Å²) < 4.78 is 5.42. The number of ether oxygens (including phenoxy) is 1. The summed E-state index contributed by atoms with van der Waals surface area (Å²) in [5, 5.41) is 6.78. The van der Waals surface area contributed by atoms with Gasteiger partial charge in [0, 0.05) is 32.7 Å². The van der Waals surface area contributed by atoms with Crippen molar-refractivity contribution in [1.82, 2.24) is 20.4 Å². The number of guanidine groups is 1. The van der Waals surface area contributed by atoms with Gasteiger partial charge in [-0.05, 0) is 64.5 Å². The maximum atomic E-state index is 5.42. The molecule has 1 heterocycles. The number of aliphatic imine (C=N–C) groups is 1. The number of benzene rings is 1. The molecule has 1 fully saturated rings. The number of methoxy groups -OCH3 is 1. The number of rotatable bonds is 9. The van der Waals surface area contributed by atoms with Crippen molar-refractivity contribution in [2.75, 3.05) is 66.5 Å². The van der Waals surface area contributed by atoms with Gasteiger partial charge < -0.3 is 25.2 Å². The highest BCUT2D eigenvalue weighted by molar-refractivity contribution is 14.0. The molecule has 0 atom stereocenters. The summed E-state index contributed by atoms with van der Waals surface area (Å²) in [5.74, 6) is 1.85. The van der Waals surface area contributed by atoms with E-state index in [2.05, 4.69) is 46.5 Å². The average Bonchev–Trinajstić information content (AvgIpc) is 2.89. The Morgan fingerprint density at radius 1 is 1.14 bits per heavy atom. The second-order valence-electron chi connectivity index (χ2n) is 7.10. The maximum absolute atomic E-state index is 5.42. The molecule has 2 N–H and O–H groups in total. The van der Waals surface area contributed by atoms with Crippen molar-refractivity contribution >= 4 is 29.9 Å². The first-order valence-electron chi connectivity index (χ1n) is 10.3. The Hall–Kier alpha value is -1.06. The van der Waals surface area contributed by atoms with Gasteiger partial charge in [-0.2, -0.15) is 0 Å². The number of halogens is 1. The molecule has 160 valence electrons. The number of likely N-dealkylation sites (N-methyl/N-ethyl adjacent to an activating group) is 1. The third-order valence-corrected chi connectivity index (χ3v) is 4.94. The molecule has 7 heteroatoms. The summed E-state index contributed by atoms with van der Waals surface area (Å²) in [5.41, 5.74) is 1.22. The van der Waals surface area contributed by atoms with Crippen molar-refractivity contribution in [1.29, 1.82) is 0 Å². The van der Waals surface area contributed by atoms with Crippen molar-refractivity contribution in [3.05, 3.63) is 29.8 Å². The van der Waals surface area contributed by atoms with Crippen LogP contribution < -0.4 is 15.4 Å². The van der Waals surface area contributed by atoms with E-state index < -0.39 is 0 Å². The van der Waals surface area contributed by atoms with Crippen LogP contribution >= 0.6 is 24.0 Å². The highest BCUT2D eigenvalue weighted by atomic mass is 127. The number of nitrogens with zero attached hydrogens (tertiary/aromatic N) is 3. The first-order chi connectivity index (χ1) is 13.2. The fourth-order valence-electron chi connectivity index (χ4n) is 3.38. The molecule has 28 heavy (non-hydrogen) atoms. The van der Waals surface area contributed by atoms with Crippen LogP contribution in [0, 0.1) is 0 Å². The lowest BCUT2D eigenvalue weighted by Crippen LogP contribution is -2.38. The molecular weight excluding hydrogens is 465 g/mol. The predicted octanol–water partition coefficient (Wildman–Crippen LogP) is 2.44. The smallest absolute Gasteiger partial charge is 0.191 e. The van der Waals surface area contributed by atoms with Crippen LogP contribution in [-0.4, -0.2) is 82.3 Å². The Bertz CT molecular complexity index is 569. The molecule has 0 aliphatic carbocycles. The highest BCUT2D eigenvalue weighted by Gasteiger charge is 2.11. The largest absolute Gasteiger partial charge is 0.496 e. The van der Waals surface area contributed by atoms with Crippen LogP contribution in [0.15, 0.2) is 29.3 Å². The van der Waals surface area contributed by atoms with E-state index in [1.807, 2.05) is 12.1 Å². The van der Waals surface area contributed by atoms with E-state index >= 15 is 0 Å². The van der Waals surface area contributed by atoms with Gasteiger partial charge in [-0.15, -0.1) is 24.0 Å². The fourth-order valence-corrected chi connectivity index (χ4v) is 3.38. The zero-order chi connectivity index (χ0) is 19.3. The molecule has 0 aromatic heterocycles. The van der Waals surface area contributed by atoms with Crippen molar-refractivity contribution in [3.63, 3.8) is 0 Å². The average molecular weight is 503 g/mol. The first kappa shape index (κ1) is 25.0. The Morgan fingerprint density at radius 3 is 2.75 bits per heavy atom. The third kappa shape index (κ3) is 9.43. The maximum Gasteiger partial charge on any atom is 0.191 e. The molecule has 0 bridgehead atoms. The van der Waals surface area contributed by atoms with E-state index in [9.17, 15) is 0 Å². The molecule has 1 saturated heterocycles. The molecule has 6 nitrogen and oxygen atoms in total. The zero-order valence-corrected chi connectivity index (χ0v) is 20.1. The van der Waals surface area contributed by atoms with Gasteiger partial charge in [-0.3, -0.25) is 4.99 Å². The monoisotopic (exact) mass is 503 g/mol. The Balaban J connectivity index is 0.00000392. The van der Waals surface area contributed by atoms with Gasteiger partial charge in [-0.25, -0.2) is 0 Å². The minimum absolute atomic E-state index is 0. The SMILES string of the molecule is CCNC(=NCCCN1CCCN(C)CC1)NCCc1ccccc1OC.I. The number of para-hydroxylation sites is 1. The van der Waals surface area contributed by atoms with Crippen molar-refractivity contribution in [3.8, 4) is 5.75 Å². The van der Waals surface area contributed by atoms with Crippen LogP contribution in [0.25, 0.3) is 0 Å². The van der Waals surface area contributed by atoms with Gasteiger partial charge in [0.15, 0.2) is 5.96 Å². The molecule has 0 saturated carbocycles. The molecule has 0 spiro atoms. The topological polar surface area (TPSA) is 52.1 Å². The number of hydrogen-bond donors (Lipinski definition) is 2. The van der Waals surface area contributed by atoms with E-state index in [1.165, 1.54) is 38.2 Å². The van der Waals surface area contributed by atoms with Crippen LogP contribution in [0.4, 0.5) is 0 Å². The van der Waals surface area contributed by atoms with Crippen molar-refractivity contribution < 1.29 is 4.74 Å². The van der Waals surface area contributed by atoms with Crippen LogP contribution in [0.5, 0.6) is 5.75 Å². The van der Waals surface area contributed by atoms with E-state index in [4.69, 9.17) is 9.73 Å². The lowest BCUT2D eigenvalue weighted by Gasteiger charge is -2.19. The molecule has 1 aliphatic rings. The molecule has 2 rings (SSSR count). The summed E-state index contributed by atoms with van der Waals surface area (Å²) in [7, 11) is 3.94. The lowest BCUT2D eigenvalue weighted by molar-refractivity contribution is 0.275. The second-order valence-corrected chi connectivity index (χ2v) is 7.10. The quantitative estimate of drug-likeness (QED) is 0.235. The molecule has 1 aromatic rings.